The number of carbonyl (C=O) groups excluding carboxylic acids is 1. The first-order valence-corrected chi connectivity index (χ1v) is 7.22. The van der Waals surface area contributed by atoms with E-state index in [0.717, 1.165) is 36.8 Å². The van der Waals surface area contributed by atoms with Crippen LogP contribution in [-0.4, -0.2) is 24.0 Å². The molecule has 3 rings (SSSR count). The maximum atomic E-state index is 13.5. The maximum absolute atomic E-state index is 13.5. The van der Waals surface area contributed by atoms with Crippen molar-refractivity contribution in [1.29, 1.82) is 0 Å². The van der Waals surface area contributed by atoms with Crippen LogP contribution in [0.5, 0.6) is 0 Å². The van der Waals surface area contributed by atoms with E-state index in [9.17, 15) is 13.6 Å². The lowest BCUT2D eigenvalue weighted by Gasteiger charge is -2.21. The van der Waals surface area contributed by atoms with Crippen LogP contribution in [0.2, 0.25) is 0 Å². The molecular formula is C13H13F2N3OS. The Morgan fingerprint density at radius 1 is 1.45 bits per heavy atom. The van der Waals surface area contributed by atoms with E-state index in [1.807, 2.05) is 0 Å². The molecule has 20 heavy (non-hydrogen) atoms. The van der Waals surface area contributed by atoms with Gasteiger partial charge in [-0.15, -0.1) is 0 Å². The summed E-state index contributed by atoms with van der Waals surface area (Å²) in [5.74, 6) is -1.58. The predicted molar refractivity (Wildman–Crippen MR) is 73.8 cm³/mol. The van der Waals surface area contributed by atoms with Crippen molar-refractivity contribution in [2.75, 3.05) is 18.4 Å². The van der Waals surface area contributed by atoms with E-state index in [1.54, 1.807) is 0 Å². The number of thiazole rings is 1. The van der Waals surface area contributed by atoms with Gasteiger partial charge < -0.3 is 10.6 Å². The number of amides is 1. The quantitative estimate of drug-likeness (QED) is 0.895. The molecule has 2 aromatic rings. The van der Waals surface area contributed by atoms with Crippen molar-refractivity contribution >= 4 is 32.6 Å². The van der Waals surface area contributed by atoms with Gasteiger partial charge in [0.25, 0.3) is 0 Å². The molecule has 1 amide bonds. The van der Waals surface area contributed by atoms with E-state index < -0.39 is 11.6 Å². The molecule has 0 aliphatic carbocycles. The highest BCUT2D eigenvalue weighted by molar-refractivity contribution is 7.22. The van der Waals surface area contributed by atoms with Crippen LogP contribution in [0.1, 0.15) is 12.8 Å². The topological polar surface area (TPSA) is 54.0 Å². The van der Waals surface area contributed by atoms with Gasteiger partial charge in [0, 0.05) is 12.6 Å². The van der Waals surface area contributed by atoms with Gasteiger partial charge >= 0.3 is 0 Å². The molecule has 1 aliphatic rings. The van der Waals surface area contributed by atoms with Crippen LogP contribution in [0.3, 0.4) is 0 Å². The summed E-state index contributed by atoms with van der Waals surface area (Å²) in [5.41, 5.74) is 0.0912. The fraction of sp³-hybridized carbons (Fsp3) is 0.385. The lowest BCUT2D eigenvalue weighted by Crippen LogP contribution is -2.37. The molecule has 106 valence electrons. The van der Waals surface area contributed by atoms with Crippen LogP contribution in [0.4, 0.5) is 13.9 Å². The Hall–Kier alpha value is -1.60. The third kappa shape index (κ3) is 2.64. The zero-order valence-corrected chi connectivity index (χ0v) is 11.4. The van der Waals surface area contributed by atoms with Gasteiger partial charge in [0.05, 0.1) is 10.6 Å². The number of rotatable bonds is 2. The molecule has 7 heteroatoms. The van der Waals surface area contributed by atoms with Gasteiger partial charge in [-0.2, -0.15) is 0 Å². The number of fused-ring (bicyclic) bond motifs is 1. The van der Waals surface area contributed by atoms with Crippen molar-refractivity contribution in [2.45, 2.75) is 12.8 Å². The SMILES string of the molecule is O=C(Nc1nc2c(F)cc(F)cc2s1)[C@H]1CCCNC1. The largest absolute Gasteiger partial charge is 0.316 e. The number of hydrogen-bond donors (Lipinski definition) is 2. The van der Waals surface area contributed by atoms with Crippen molar-refractivity contribution in [3.8, 4) is 0 Å². The van der Waals surface area contributed by atoms with Gasteiger partial charge in [0.1, 0.15) is 11.3 Å². The predicted octanol–water partition coefficient (Wildman–Crippen LogP) is 2.51. The highest BCUT2D eigenvalue weighted by Gasteiger charge is 2.22. The van der Waals surface area contributed by atoms with Gasteiger partial charge in [0.2, 0.25) is 5.91 Å². The minimum absolute atomic E-state index is 0.0912. The van der Waals surface area contributed by atoms with Crippen molar-refractivity contribution in [3.63, 3.8) is 0 Å². The number of hydrogen-bond acceptors (Lipinski definition) is 4. The van der Waals surface area contributed by atoms with Crippen LogP contribution >= 0.6 is 11.3 Å². The summed E-state index contributed by atoms with van der Waals surface area (Å²) in [7, 11) is 0. The molecule has 0 spiro atoms. The molecule has 0 radical (unpaired) electrons. The number of piperidine rings is 1. The Morgan fingerprint density at radius 2 is 2.30 bits per heavy atom. The molecule has 2 N–H and O–H groups in total. The molecule has 0 unspecified atom stereocenters. The fourth-order valence-corrected chi connectivity index (χ4v) is 3.20. The summed E-state index contributed by atoms with van der Waals surface area (Å²) in [6, 6.07) is 2.01. The van der Waals surface area contributed by atoms with Gasteiger partial charge in [-0.1, -0.05) is 11.3 Å². The minimum Gasteiger partial charge on any atom is -0.316 e. The van der Waals surface area contributed by atoms with Crippen molar-refractivity contribution < 1.29 is 13.6 Å². The smallest absolute Gasteiger partial charge is 0.230 e. The highest BCUT2D eigenvalue weighted by Crippen LogP contribution is 2.29. The number of benzene rings is 1. The first-order chi connectivity index (χ1) is 9.63. The van der Waals surface area contributed by atoms with Crippen molar-refractivity contribution in [2.24, 2.45) is 5.92 Å². The van der Waals surface area contributed by atoms with Crippen LogP contribution in [0.25, 0.3) is 10.2 Å². The zero-order valence-electron chi connectivity index (χ0n) is 10.6. The number of carbonyl (C=O) groups is 1. The summed E-state index contributed by atoms with van der Waals surface area (Å²) in [5, 5.41) is 6.15. The molecule has 0 saturated carbocycles. The zero-order chi connectivity index (χ0) is 14.1. The Kier molecular flexibility index (Phi) is 3.62. The Balaban J connectivity index is 1.80. The number of halogens is 2. The lowest BCUT2D eigenvalue weighted by atomic mass is 9.99. The second-order valence-corrected chi connectivity index (χ2v) is 5.82. The van der Waals surface area contributed by atoms with Gasteiger partial charge in [-0.25, -0.2) is 13.8 Å². The molecule has 1 atom stereocenters. The van der Waals surface area contributed by atoms with Crippen molar-refractivity contribution in [3.05, 3.63) is 23.8 Å². The molecule has 1 aromatic carbocycles. The Labute approximate surface area is 118 Å². The van der Waals surface area contributed by atoms with E-state index in [0.29, 0.717) is 16.4 Å². The second-order valence-electron chi connectivity index (χ2n) is 4.79. The Morgan fingerprint density at radius 3 is 3.05 bits per heavy atom. The third-order valence-electron chi connectivity index (χ3n) is 3.31. The molecule has 4 nitrogen and oxygen atoms in total. The summed E-state index contributed by atoms with van der Waals surface area (Å²) in [4.78, 5) is 16.1. The summed E-state index contributed by atoms with van der Waals surface area (Å²) in [6.07, 6.45) is 1.78. The van der Waals surface area contributed by atoms with Gasteiger partial charge in [0.15, 0.2) is 10.9 Å². The van der Waals surface area contributed by atoms with E-state index in [-0.39, 0.29) is 17.3 Å². The molecule has 2 heterocycles. The standard InChI is InChI=1S/C13H13F2N3OS/c14-8-4-9(15)11-10(5-8)20-13(17-11)18-12(19)7-2-1-3-16-6-7/h4-5,7,16H,1-3,6H2,(H,17,18,19)/t7-/m0/s1. The number of anilines is 1. The summed E-state index contributed by atoms with van der Waals surface area (Å²) >= 11 is 1.07. The first-order valence-electron chi connectivity index (χ1n) is 6.40. The summed E-state index contributed by atoms with van der Waals surface area (Å²) < 4.78 is 27.0. The van der Waals surface area contributed by atoms with Crippen LogP contribution < -0.4 is 10.6 Å². The lowest BCUT2D eigenvalue weighted by molar-refractivity contribution is -0.120. The van der Waals surface area contributed by atoms with E-state index in [1.165, 1.54) is 6.07 Å². The molecule has 1 saturated heterocycles. The summed E-state index contributed by atoms with van der Waals surface area (Å²) in [6.45, 7) is 1.56. The number of aromatic nitrogens is 1. The van der Waals surface area contributed by atoms with E-state index in [4.69, 9.17) is 0 Å². The molecule has 0 bridgehead atoms. The maximum Gasteiger partial charge on any atom is 0.230 e. The highest BCUT2D eigenvalue weighted by atomic mass is 32.1. The Bertz CT molecular complexity index is 652. The monoisotopic (exact) mass is 297 g/mol. The van der Waals surface area contributed by atoms with Crippen LogP contribution in [0.15, 0.2) is 12.1 Å². The number of nitrogens with zero attached hydrogens (tertiary/aromatic N) is 1. The van der Waals surface area contributed by atoms with E-state index in [2.05, 4.69) is 15.6 Å². The van der Waals surface area contributed by atoms with Gasteiger partial charge in [-0.3, -0.25) is 4.79 Å². The van der Waals surface area contributed by atoms with Crippen molar-refractivity contribution in [1.82, 2.24) is 10.3 Å². The fourth-order valence-electron chi connectivity index (χ4n) is 2.29. The first kappa shape index (κ1) is 13.4. The molecule has 1 aromatic heterocycles. The number of nitrogens with one attached hydrogen (secondary N) is 2. The van der Waals surface area contributed by atoms with Crippen LogP contribution in [0, 0.1) is 17.6 Å². The molecule has 1 aliphatic heterocycles. The van der Waals surface area contributed by atoms with Crippen LogP contribution in [-0.2, 0) is 4.79 Å². The average molecular weight is 297 g/mol. The average Bonchev–Trinajstić information content (AvgIpc) is 2.82. The van der Waals surface area contributed by atoms with E-state index >= 15 is 0 Å². The third-order valence-corrected chi connectivity index (χ3v) is 4.23. The molecular weight excluding hydrogens is 284 g/mol. The second kappa shape index (κ2) is 5.41. The molecule has 1 fully saturated rings. The van der Waals surface area contributed by atoms with Gasteiger partial charge in [-0.05, 0) is 25.5 Å². The minimum atomic E-state index is -0.712. The normalized spacial score (nSPS) is 19.2.